The van der Waals surface area contributed by atoms with Crippen LogP contribution in [0.25, 0.3) is 11.0 Å². The van der Waals surface area contributed by atoms with Gasteiger partial charge in [-0.15, -0.1) is 0 Å². The molecule has 2 nitrogen and oxygen atoms in total. The average molecular weight is 202 g/mol. The molecule has 1 heterocycles. The number of aromatic nitrogens is 2. The number of imidazole rings is 1. The summed E-state index contributed by atoms with van der Waals surface area (Å²) in [5.74, 6) is 0.583. The van der Waals surface area contributed by atoms with Crippen LogP contribution in [0.3, 0.4) is 0 Å². The molecule has 0 fully saturated rings. The van der Waals surface area contributed by atoms with Crippen molar-refractivity contribution >= 4 is 11.0 Å². The van der Waals surface area contributed by atoms with Gasteiger partial charge in [-0.3, -0.25) is 0 Å². The summed E-state index contributed by atoms with van der Waals surface area (Å²) < 4.78 is 2.24. The minimum atomic E-state index is 0.583. The number of hydrogen-bond donors (Lipinski definition) is 0. The van der Waals surface area contributed by atoms with Crippen LogP contribution in [-0.2, 0) is 6.54 Å². The highest BCUT2D eigenvalue weighted by atomic mass is 15.0. The molecule has 2 heteroatoms. The average Bonchev–Trinajstić information content (AvgIpc) is 2.61. The summed E-state index contributed by atoms with van der Waals surface area (Å²) in [6.07, 6.45) is 3.09. The Morgan fingerprint density at radius 3 is 2.80 bits per heavy atom. The van der Waals surface area contributed by atoms with Crippen molar-refractivity contribution in [3.8, 4) is 0 Å². The highest BCUT2D eigenvalue weighted by Crippen LogP contribution is 2.20. The van der Waals surface area contributed by atoms with Gasteiger partial charge in [0.2, 0.25) is 0 Å². The predicted octanol–water partition coefficient (Wildman–Crippen LogP) is 3.57. The van der Waals surface area contributed by atoms with E-state index >= 15 is 0 Å². The lowest BCUT2D eigenvalue weighted by atomic mass is 10.0. The van der Waals surface area contributed by atoms with E-state index in [1.54, 1.807) is 0 Å². The fraction of sp³-hybridized carbons (Fsp3) is 0.462. The molecule has 0 bridgehead atoms. The van der Waals surface area contributed by atoms with E-state index < -0.39 is 0 Å². The molecule has 2 aromatic rings. The maximum atomic E-state index is 4.40. The largest absolute Gasteiger partial charge is 0.331 e. The molecule has 15 heavy (non-hydrogen) atoms. The molecule has 0 saturated heterocycles. The molecule has 0 N–H and O–H groups in total. The summed E-state index contributed by atoms with van der Waals surface area (Å²) in [5.41, 5.74) is 3.76. The molecule has 80 valence electrons. The third kappa shape index (κ3) is 1.89. The summed E-state index contributed by atoms with van der Waals surface area (Å²) in [4.78, 5) is 4.40. The highest BCUT2D eigenvalue weighted by Gasteiger charge is 2.05. The molecule has 0 radical (unpaired) electrons. The first-order valence-electron chi connectivity index (χ1n) is 5.67. The minimum absolute atomic E-state index is 0.583. The van der Waals surface area contributed by atoms with Gasteiger partial charge in [-0.05, 0) is 30.0 Å². The lowest BCUT2D eigenvalue weighted by Crippen LogP contribution is -1.95. The van der Waals surface area contributed by atoms with E-state index in [9.17, 15) is 0 Å². The Labute approximate surface area is 90.9 Å². The molecule has 0 unspecified atom stereocenters. The van der Waals surface area contributed by atoms with Crippen molar-refractivity contribution in [2.45, 2.75) is 39.7 Å². The zero-order valence-corrected chi connectivity index (χ0v) is 9.70. The van der Waals surface area contributed by atoms with Crippen molar-refractivity contribution in [2.75, 3.05) is 0 Å². The van der Waals surface area contributed by atoms with Crippen molar-refractivity contribution in [1.82, 2.24) is 9.55 Å². The summed E-state index contributed by atoms with van der Waals surface area (Å²) >= 11 is 0. The van der Waals surface area contributed by atoms with Gasteiger partial charge in [0, 0.05) is 6.54 Å². The molecular formula is C13H18N2. The molecule has 0 spiro atoms. The number of benzene rings is 1. The maximum absolute atomic E-state index is 4.40. The Kier molecular flexibility index (Phi) is 2.76. The predicted molar refractivity (Wildman–Crippen MR) is 64.1 cm³/mol. The second-order valence-corrected chi connectivity index (χ2v) is 4.34. The summed E-state index contributed by atoms with van der Waals surface area (Å²) in [6.45, 7) is 7.69. The lowest BCUT2D eigenvalue weighted by molar-refractivity contribution is 0.696. The van der Waals surface area contributed by atoms with Crippen LogP contribution in [0, 0.1) is 0 Å². The maximum Gasteiger partial charge on any atom is 0.0958 e. The minimum Gasteiger partial charge on any atom is -0.331 e. The smallest absolute Gasteiger partial charge is 0.0958 e. The van der Waals surface area contributed by atoms with Gasteiger partial charge in [0.15, 0.2) is 0 Å². The van der Waals surface area contributed by atoms with Crippen LogP contribution in [0.4, 0.5) is 0 Å². The Bertz CT molecular complexity index is 455. The van der Waals surface area contributed by atoms with Gasteiger partial charge < -0.3 is 4.57 Å². The fourth-order valence-electron chi connectivity index (χ4n) is 1.85. The molecule has 1 aromatic carbocycles. The van der Waals surface area contributed by atoms with Crippen LogP contribution < -0.4 is 0 Å². The van der Waals surface area contributed by atoms with Crippen LogP contribution in [0.15, 0.2) is 24.5 Å². The topological polar surface area (TPSA) is 17.8 Å². The van der Waals surface area contributed by atoms with Crippen molar-refractivity contribution in [3.05, 3.63) is 30.1 Å². The summed E-state index contributed by atoms with van der Waals surface area (Å²) in [6, 6.07) is 6.57. The molecular weight excluding hydrogens is 184 g/mol. The monoisotopic (exact) mass is 202 g/mol. The van der Waals surface area contributed by atoms with Gasteiger partial charge >= 0.3 is 0 Å². The molecule has 0 amide bonds. The first-order valence-corrected chi connectivity index (χ1v) is 5.67. The Hall–Kier alpha value is -1.31. The van der Waals surface area contributed by atoms with Crippen LogP contribution >= 0.6 is 0 Å². The van der Waals surface area contributed by atoms with Crippen LogP contribution in [0.2, 0.25) is 0 Å². The van der Waals surface area contributed by atoms with Crippen molar-refractivity contribution in [3.63, 3.8) is 0 Å². The zero-order chi connectivity index (χ0) is 10.8. The highest BCUT2D eigenvalue weighted by molar-refractivity contribution is 5.76. The second kappa shape index (κ2) is 4.05. The standard InChI is InChI=1S/C13H18N2/c1-4-7-15-9-14-12-6-5-11(10(2)3)8-13(12)15/h5-6,8-10H,4,7H2,1-3H3. The van der Waals surface area contributed by atoms with E-state index in [0.29, 0.717) is 5.92 Å². The van der Waals surface area contributed by atoms with Crippen LogP contribution in [-0.4, -0.2) is 9.55 Å². The Morgan fingerprint density at radius 2 is 2.13 bits per heavy atom. The summed E-state index contributed by atoms with van der Waals surface area (Å²) in [5, 5.41) is 0. The van der Waals surface area contributed by atoms with Gasteiger partial charge in [-0.2, -0.15) is 0 Å². The third-order valence-corrected chi connectivity index (χ3v) is 2.78. The molecule has 0 aliphatic rings. The van der Waals surface area contributed by atoms with Gasteiger partial charge in [0.1, 0.15) is 0 Å². The molecule has 0 aliphatic carbocycles. The molecule has 1 aromatic heterocycles. The number of fused-ring (bicyclic) bond motifs is 1. The van der Waals surface area contributed by atoms with Crippen molar-refractivity contribution in [1.29, 1.82) is 0 Å². The van der Waals surface area contributed by atoms with Crippen LogP contribution in [0.1, 0.15) is 38.7 Å². The van der Waals surface area contributed by atoms with E-state index in [-0.39, 0.29) is 0 Å². The number of nitrogens with zero attached hydrogens (tertiary/aromatic N) is 2. The van der Waals surface area contributed by atoms with E-state index in [0.717, 1.165) is 18.5 Å². The second-order valence-electron chi connectivity index (χ2n) is 4.34. The van der Waals surface area contributed by atoms with Gasteiger partial charge in [-0.1, -0.05) is 26.8 Å². The summed E-state index contributed by atoms with van der Waals surface area (Å²) in [7, 11) is 0. The molecule has 0 atom stereocenters. The Morgan fingerprint density at radius 1 is 1.33 bits per heavy atom. The van der Waals surface area contributed by atoms with E-state index in [1.807, 2.05) is 6.33 Å². The van der Waals surface area contributed by atoms with Crippen molar-refractivity contribution in [2.24, 2.45) is 0 Å². The fourth-order valence-corrected chi connectivity index (χ4v) is 1.85. The SMILES string of the molecule is CCCn1cnc2ccc(C(C)C)cc21. The molecule has 0 aliphatic heterocycles. The molecule has 2 rings (SSSR count). The first-order chi connectivity index (χ1) is 7.22. The first kappa shape index (κ1) is 10.2. The quantitative estimate of drug-likeness (QED) is 0.744. The van der Waals surface area contributed by atoms with E-state index in [2.05, 4.69) is 48.5 Å². The number of rotatable bonds is 3. The third-order valence-electron chi connectivity index (χ3n) is 2.78. The van der Waals surface area contributed by atoms with Crippen LogP contribution in [0.5, 0.6) is 0 Å². The van der Waals surface area contributed by atoms with E-state index in [4.69, 9.17) is 0 Å². The van der Waals surface area contributed by atoms with Gasteiger partial charge in [0.25, 0.3) is 0 Å². The Balaban J connectivity index is 2.51. The lowest BCUT2D eigenvalue weighted by Gasteiger charge is -2.06. The number of aryl methyl sites for hydroxylation is 1. The van der Waals surface area contributed by atoms with Crippen molar-refractivity contribution < 1.29 is 0 Å². The number of hydrogen-bond acceptors (Lipinski definition) is 1. The van der Waals surface area contributed by atoms with Gasteiger partial charge in [-0.25, -0.2) is 4.98 Å². The van der Waals surface area contributed by atoms with E-state index in [1.165, 1.54) is 11.1 Å². The van der Waals surface area contributed by atoms with Gasteiger partial charge in [0.05, 0.1) is 17.4 Å². The zero-order valence-electron chi connectivity index (χ0n) is 9.70. The molecule has 0 saturated carbocycles. The normalized spacial score (nSPS) is 11.5.